The third-order valence-electron chi connectivity index (χ3n) is 2.81. The second-order valence-electron chi connectivity index (χ2n) is 4.75. The maximum atomic E-state index is 11.7. The Morgan fingerprint density at radius 2 is 2.08 bits per heavy atom. The van der Waals surface area contributed by atoms with Crippen molar-refractivity contribution in [2.24, 2.45) is 5.41 Å². The molecule has 0 unspecified atom stereocenters. The Labute approximate surface area is 78.4 Å². The van der Waals surface area contributed by atoms with E-state index >= 15 is 0 Å². The van der Waals surface area contributed by atoms with Crippen molar-refractivity contribution in [2.75, 3.05) is 0 Å². The summed E-state index contributed by atoms with van der Waals surface area (Å²) in [4.78, 5) is 14.8. The minimum atomic E-state index is 0.136. The number of hydrogen-bond donors (Lipinski definition) is 1. The van der Waals surface area contributed by atoms with Gasteiger partial charge in [-0.15, -0.1) is 0 Å². The summed E-state index contributed by atoms with van der Waals surface area (Å²) in [6.45, 7) is 6.34. The molecule has 0 spiro atoms. The van der Waals surface area contributed by atoms with Crippen molar-refractivity contribution in [2.45, 2.75) is 33.6 Å². The van der Waals surface area contributed by atoms with Crippen LogP contribution in [0.25, 0.3) is 0 Å². The van der Waals surface area contributed by atoms with Crippen LogP contribution in [0.4, 0.5) is 0 Å². The van der Waals surface area contributed by atoms with E-state index in [2.05, 4.69) is 18.8 Å². The predicted molar refractivity (Wildman–Crippen MR) is 52.0 cm³/mol. The quantitative estimate of drug-likeness (QED) is 0.648. The number of nitrogens with one attached hydrogen (secondary N) is 1. The van der Waals surface area contributed by atoms with Gasteiger partial charge >= 0.3 is 0 Å². The zero-order chi connectivity index (χ0) is 9.64. The van der Waals surface area contributed by atoms with E-state index in [0.29, 0.717) is 6.42 Å². The number of aromatic amines is 1. The molecule has 0 saturated heterocycles. The Balaban J connectivity index is 2.51. The molecule has 0 bridgehead atoms. The fourth-order valence-corrected chi connectivity index (χ4v) is 2.10. The first kappa shape index (κ1) is 8.54. The summed E-state index contributed by atoms with van der Waals surface area (Å²) < 4.78 is 0. The van der Waals surface area contributed by atoms with E-state index in [-0.39, 0.29) is 11.2 Å². The molecule has 1 aliphatic carbocycles. The molecular formula is C11H15NO. The lowest BCUT2D eigenvalue weighted by Gasteiger charge is -2.28. The van der Waals surface area contributed by atoms with Crippen LogP contribution in [-0.4, -0.2) is 10.8 Å². The molecule has 2 nitrogen and oxygen atoms in total. The van der Waals surface area contributed by atoms with Crippen LogP contribution in [0.5, 0.6) is 0 Å². The molecule has 1 heterocycles. The van der Waals surface area contributed by atoms with Crippen LogP contribution in [0, 0.1) is 12.3 Å². The Bertz CT molecular complexity index is 360. The maximum Gasteiger partial charge on any atom is 0.165 e. The number of carbonyl (C=O) groups is 1. The van der Waals surface area contributed by atoms with E-state index in [0.717, 1.165) is 17.7 Å². The third-order valence-corrected chi connectivity index (χ3v) is 2.81. The summed E-state index contributed by atoms with van der Waals surface area (Å²) in [6, 6.07) is 0. The van der Waals surface area contributed by atoms with Gasteiger partial charge in [-0.25, -0.2) is 0 Å². The number of fused-ring (bicyclic) bond motifs is 1. The van der Waals surface area contributed by atoms with E-state index in [9.17, 15) is 4.79 Å². The number of aromatic nitrogens is 1. The predicted octanol–water partition coefficient (Wildman–Crippen LogP) is 2.48. The number of carbonyl (C=O) groups excluding carboxylic acids is 1. The van der Waals surface area contributed by atoms with Crippen molar-refractivity contribution in [1.82, 2.24) is 4.98 Å². The Kier molecular flexibility index (Phi) is 1.62. The van der Waals surface area contributed by atoms with Crippen molar-refractivity contribution in [3.8, 4) is 0 Å². The molecule has 1 N–H and O–H groups in total. The monoisotopic (exact) mass is 177 g/mol. The molecule has 0 fully saturated rings. The minimum Gasteiger partial charge on any atom is -0.364 e. The molecule has 0 atom stereocenters. The summed E-state index contributed by atoms with van der Waals surface area (Å²) in [5, 5.41) is 0. The first-order chi connectivity index (χ1) is 5.99. The number of hydrogen-bond acceptors (Lipinski definition) is 1. The minimum absolute atomic E-state index is 0.136. The lowest BCUT2D eigenvalue weighted by molar-refractivity contribution is 0.0913. The van der Waals surface area contributed by atoms with E-state index in [1.54, 1.807) is 0 Å². The van der Waals surface area contributed by atoms with Gasteiger partial charge in [0, 0.05) is 23.9 Å². The van der Waals surface area contributed by atoms with Gasteiger partial charge in [0.2, 0.25) is 0 Å². The van der Waals surface area contributed by atoms with Crippen molar-refractivity contribution in [3.63, 3.8) is 0 Å². The standard InChI is InChI=1S/C11H15NO/c1-7-8-4-11(2,3)5-10(13)9(8)6-12-7/h6,12H,4-5H2,1-3H3. The van der Waals surface area contributed by atoms with Crippen LogP contribution in [0.2, 0.25) is 0 Å². The van der Waals surface area contributed by atoms with E-state index in [1.807, 2.05) is 13.1 Å². The summed E-state index contributed by atoms with van der Waals surface area (Å²) in [5.41, 5.74) is 3.42. The molecule has 70 valence electrons. The zero-order valence-electron chi connectivity index (χ0n) is 8.40. The van der Waals surface area contributed by atoms with E-state index < -0.39 is 0 Å². The SMILES string of the molecule is Cc1[nH]cc2c1CC(C)(C)CC2=O. The van der Waals surface area contributed by atoms with Crippen LogP contribution in [-0.2, 0) is 6.42 Å². The second-order valence-corrected chi connectivity index (χ2v) is 4.75. The smallest absolute Gasteiger partial charge is 0.165 e. The van der Waals surface area contributed by atoms with Gasteiger partial charge in [-0.05, 0) is 24.3 Å². The van der Waals surface area contributed by atoms with Crippen LogP contribution in [0.1, 0.15) is 41.9 Å². The van der Waals surface area contributed by atoms with Gasteiger partial charge in [0.15, 0.2) is 5.78 Å². The van der Waals surface area contributed by atoms with Gasteiger partial charge in [-0.3, -0.25) is 4.79 Å². The highest BCUT2D eigenvalue weighted by atomic mass is 16.1. The van der Waals surface area contributed by atoms with Gasteiger partial charge in [0.25, 0.3) is 0 Å². The number of Topliss-reactive ketones (excluding diaryl/α,β-unsaturated/α-hetero) is 1. The molecule has 1 aromatic heterocycles. The number of rotatable bonds is 0. The fraction of sp³-hybridized carbons (Fsp3) is 0.545. The Hall–Kier alpha value is -1.05. The van der Waals surface area contributed by atoms with Crippen LogP contribution in [0.3, 0.4) is 0 Å². The topological polar surface area (TPSA) is 32.9 Å². The summed E-state index contributed by atoms with van der Waals surface area (Å²) >= 11 is 0. The van der Waals surface area contributed by atoms with Crippen molar-refractivity contribution in [3.05, 3.63) is 23.0 Å². The van der Waals surface area contributed by atoms with Crippen molar-refractivity contribution >= 4 is 5.78 Å². The van der Waals surface area contributed by atoms with Gasteiger partial charge in [-0.1, -0.05) is 13.8 Å². The molecule has 2 rings (SSSR count). The molecule has 2 heteroatoms. The fourth-order valence-electron chi connectivity index (χ4n) is 2.10. The summed E-state index contributed by atoms with van der Waals surface area (Å²) in [5.74, 6) is 0.288. The van der Waals surface area contributed by atoms with Gasteiger partial charge in [0.05, 0.1) is 0 Å². The number of aryl methyl sites for hydroxylation is 1. The largest absolute Gasteiger partial charge is 0.364 e. The first-order valence-corrected chi connectivity index (χ1v) is 4.70. The molecule has 0 saturated carbocycles. The molecule has 1 aliphatic rings. The highest BCUT2D eigenvalue weighted by molar-refractivity contribution is 5.99. The van der Waals surface area contributed by atoms with E-state index in [1.165, 1.54) is 5.56 Å². The van der Waals surface area contributed by atoms with E-state index in [4.69, 9.17) is 0 Å². The Morgan fingerprint density at radius 1 is 1.38 bits per heavy atom. The van der Waals surface area contributed by atoms with Gasteiger partial charge < -0.3 is 4.98 Å². The van der Waals surface area contributed by atoms with Crippen molar-refractivity contribution in [1.29, 1.82) is 0 Å². The molecule has 0 aromatic carbocycles. The number of H-pyrrole nitrogens is 1. The molecule has 1 aromatic rings. The highest BCUT2D eigenvalue weighted by Crippen LogP contribution is 2.35. The first-order valence-electron chi connectivity index (χ1n) is 4.70. The van der Waals surface area contributed by atoms with Gasteiger partial charge in [0.1, 0.15) is 0 Å². The summed E-state index contributed by atoms with van der Waals surface area (Å²) in [6.07, 6.45) is 3.54. The third kappa shape index (κ3) is 1.30. The highest BCUT2D eigenvalue weighted by Gasteiger charge is 2.32. The summed E-state index contributed by atoms with van der Waals surface area (Å²) in [7, 11) is 0. The Morgan fingerprint density at radius 3 is 2.77 bits per heavy atom. The average Bonchev–Trinajstić information content (AvgIpc) is 2.30. The zero-order valence-corrected chi connectivity index (χ0v) is 8.40. The molecular weight excluding hydrogens is 162 g/mol. The second kappa shape index (κ2) is 2.47. The molecule has 0 radical (unpaired) electrons. The van der Waals surface area contributed by atoms with Crippen LogP contribution in [0.15, 0.2) is 6.20 Å². The molecule has 0 amide bonds. The van der Waals surface area contributed by atoms with Crippen LogP contribution >= 0.6 is 0 Å². The lowest BCUT2D eigenvalue weighted by atomic mass is 9.74. The van der Waals surface area contributed by atoms with Crippen LogP contribution < -0.4 is 0 Å². The molecule has 13 heavy (non-hydrogen) atoms. The number of ketones is 1. The normalized spacial score (nSPS) is 20.1. The van der Waals surface area contributed by atoms with Gasteiger partial charge in [-0.2, -0.15) is 0 Å². The van der Waals surface area contributed by atoms with Crippen molar-refractivity contribution < 1.29 is 4.79 Å². The average molecular weight is 177 g/mol. The lowest BCUT2D eigenvalue weighted by Crippen LogP contribution is -2.26. The molecule has 0 aliphatic heterocycles. The maximum absolute atomic E-state index is 11.7.